The van der Waals surface area contributed by atoms with Crippen molar-refractivity contribution < 1.29 is 9.84 Å². The minimum atomic E-state index is -0.0767. The molecule has 0 aliphatic rings. The maximum absolute atomic E-state index is 9.01. The number of aromatic nitrogens is 1. The van der Waals surface area contributed by atoms with Crippen LogP contribution in [0.4, 0.5) is 0 Å². The summed E-state index contributed by atoms with van der Waals surface area (Å²) in [6.45, 7) is 2.09. The predicted molar refractivity (Wildman–Crippen MR) is 70.7 cm³/mol. The quantitative estimate of drug-likeness (QED) is 0.876. The van der Waals surface area contributed by atoms with Crippen molar-refractivity contribution in [2.75, 3.05) is 0 Å². The van der Waals surface area contributed by atoms with E-state index in [-0.39, 0.29) is 6.61 Å². The average Bonchev–Trinajstić information content (AvgIpc) is 2.42. The Hall–Kier alpha value is -1.87. The molecule has 3 nitrogen and oxygen atoms in total. The summed E-state index contributed by atoms with van der Waals surface area (Å²) < 4.78 is 5.70. The van der Waals surface area contributed by atoms with Crippen molar-refractivity contribution in [3.05, 3.63) is 53.9 Å². The van der Waals surface area contributed by atoms with Gasteiger partial charge in [-0.1, -0.05) is 25.5 Å². The summed E-state index contributed by atoms with van der Waals surface area (Å²) in [6, 6.07) is 11.6. The molecule has 2 rings (SSSR count). The monoisotopic (exact) mass is 243 g/mol. The van der Waals surface area contributed by atoms with E-state index in [2.05, 4.69) is 24.0 Å². The van der Waals surface area contributed by atoms with Gasteiger partial charge in [-0.2, -0.15) is 0 Å². The highest BCUT2D eigenvalue weighted by molar-refractivity contribution is 5.33. The van der Waals surface area contributed by atoms with Gasteiger partial charge in [0.05, 0.1) is 12.3 Å². The first kappa shape index (κ1) is 12.6. The molecule has 0 unspecified atom stereocenters. The summed E-state index contributed by atoms with van der Waals surface area (Å²) in [5.41, 5.74) is 1.92. The van der Waals surface area contributed by atoms with Gasteiger partial charge in [-0.3, -0.25) is 4.98 Å². The van der Waals surface area contributed by atoms with E-state index in [9.17, 15) is 0 Å². The zero-order valence-electron chi connectivity index (χ0n) is 10.5. The molecule has 0 aliphatic carbocycles. The van der Waals surface area contributed by atoms with Crippen LogP contribution in [-0.4, -0.2) is 10.1 Å². The van der Waals surface area contributed by atoms with Crippen LogP contribution in [-0.2, 0) is 13.0 Å². The van der Waals surface area contributed by atoms with E-state index in [4.69, 9.17) is 9.84 Å². The molecule has 0 amide bonds. The molecule has 1 aromatic heterocycles. The van der Waals surface area contributed by atoms with Crippen LogP contribution in [0.1, 0.15) is 24.6 Å². The van der Waals surface area contributed by atoms with Crippen LogP contribution in [0.2, 0.25) is 0 Å². The van der Waals surface area contributed by atoms with Crippen LogP contribution in [0.5, 0.6) is 11.5 Å². The minimum Gasteiger partial charge on any atom is -0.457 e. The fourth-order valence-corrected chi connectivity index (χ4v) is 1.75. The van der Waals surface area contributed by atoms with Gasteiger partial charge >= 0.3 is 0 Å². The zero-order chi connectivity index (χ0) is 12.8. The van der Waals surface area contributed by atoms with Gasteiger partial charge in [0.1, 0.15) is 11.5 Å². The van der Waals surface area contributed by atoms with Crippen LogP contribution in [0.15, 0.2) is 42.6 Å². The second-order valence-corrected chi connectivity index (χ2v) is 4.14. The SMILES string of the molecule is CCCc1ccc(Oc2ccnc(CO)c2)cc1. The van der Waals surface area contributed by atoms with Gasteiger partial charge in [-0.25, -0.2) is 0 Å². The number of hydrogen-bond acceptors (Lipinski definition) is 3. The second kappa shape index (κ2) is 6.17. The molecule has 0 spiro atoms. The normalized spacial score (nSPS) is 10.3. The molecule has 94 valence electrons. The molecule has 0 saturated carbocycles. The first-order chi connectivity index (χ1) is 8.81. The van der Waals surface area contributed by atoms with Gasteiger partial charge in [-0.15, -0.1) is 0 Å². The van der Waals surface area contributed by atoms with Gasteiger partial charge < -0.3 is 9.84 Å². The number of nitrogens with zero attached hydrogens (tertiary/aromatic N) is 1. The van der Waals surface area contributed by atoms with Crippen LogP contribution < -0.4 is 4.74 Å². The number of aryl methyl sites for hydroxylation is 1. The number of rotatable bonds is 5. The number of benzene rings is 1. The average molecular weight is 243 g/mol. The standard InChI is InChI=1S/C15H17NO2/c1-2-3-12-4-6-14(7-5-12)18-15-8-9-16-13(10-15)11-17/h4-10,17H,2-3,11H2,1H3. The number of hydrogen-bond donors (Lipinski definition) is 1. The largest absolute Gasteiger partial charge is 0.457 e. The van der Waals surface area contributed by atoms with Crippen molar-refractivity contribution in [2.24, 2.45) is 0 Å². The van der Waals surface area contributed by atoms with Crippen LogP contribution in [0.25, 0.3) is 0 Å². The lowest BCUT2D eigenvalue weighted by molar-refractivity contribution is 0.276. The third kappa shape index (κ3) is 3.31. The fourth-order valence-electron chi connectivity index (χ4n) is 1.75. The van der Waals surface area contributed by atoms with E-state index < -0.39 is 0 Å². The summed E-state index contributed by atoms with van der Waals surface area (Å²) in [4.78, 5) is 4.01. The summed E-state index contributed by atoms with van der Waals surface area (Å²) in [6.07, 6.45) is 3.86. The van der Waals surface area contributed by atoms with E-state index >= 15 is 0 Å². The Balaban J connectivity index is 2.08. The Morgan fingerprint density at radius 2 is 1.89 bits per heavy atom. The summed E-state index contributed by atoms with van der Waals surface area (Å²) in [5, 5.41) is 9.01. The first-order valence-corrected chi connectivity index (χ1v) is 6.14. The van der Waals surface area contributed by atoms with Crippen molar-refractivity contribution in [3.8, 4) is 11.5 Å². The number of aliphatic hydroxyl groups is 1. The summed E-state index contributed by atoms with van der Waals surface area (Å²) in [5.74, 6) is 1.49. The Bertz CT molecular complexity index is 494. The first-order valence-electron chi connectivity index (χ1n) is 6.14. The lowest BCUT2D eigenvalue weighted by Crippen LogP contribution is -1.91. The molecular weight excluding hydrogens is 226 g/mol. The van der Waals surface area contributed by atoms with Gasteiger partial charge in [0.25, 0.3) is 0 Å². The molecule has 0 aliphatic heterocycles. The number of pyridine rings is 1. The van der Waals surface area contributed by atoms with Crippen molar-refractivity contribution in [1.82, 2.24) is 4.98 Å². The maximum atomic E-state index is 9.01. The molecule has 18 heavy (non-hydrogen) atoms. The molecule has 0 fully saturated rings. The minimum absolute atomic E-state index is 0.0767. The van der Waals surface area contributed by atoms with Crippen molar-refractivity contribution in [2.45, 2.75) is 26.4 Å². The molecule has 0 radical (unpaired) electrons. The number of ether oxygens (including phenoxy) is 1. The number of aliphatic hydroxyl groups excluding tert-OH is 1. The highest BCUT2D eigenvalue weighted by Gasteiger charge is 2.00. The highest BCUT2D eigenvalue weighted by atomic mass is 16.5. The topological polar surface area (TPSA) is 42.4 Å². The van der Waals surface area contributed by atoms with Crippen LogP contribution in [0.3, 0.4) is 0 Å². The smallest absolute Gasteiger partial charge is 0.130 e. The van der Waals surface area contributed by atoms with Crippen molar-refractivity contribution >= 4 is 0 Å². The Kier molecular flexibility index (Phi) is 4.31. The summed E-state index contributed by atoms with van der Waals surface area (Å²) >= 11 is 0. The molecule has 1 N–H and O–H groups in total. The predicted octanol–water partition coefficient (Wildman–Crippen LogP) is 3.32. The van der Waals surface area contributed by atoms with E-state index in [1.165, 1.54) is 5.56 Å². The molecular formula is C15H17NO2. The Morgan fingerprint density at radius 1 is 1.11 bits per heavy atom. The second-order valence-electron chi connectivity index (χ2n) is 4.14. The maximum Gasteiger partial charge on any atom is 0.130 e. The highest BCUT2D eigenvalue weighted by Crippen LogP contribution is 2.22. The van der Waals surface area contributed by atoms with Crippen molar-refractivity contribution in [1.29, 1.82) is 0 Å². The third-order valence-corrected chi connectivity index (χ3v) is 2.65. The zero-order valence-corrected chi connectivity index (χ0v) is 10.5. The fraction of sp³-hybridized carbons (Fsp3) is 0.267. The molecule has 2 aromatic rings. The van der Waals surface area contributed by atoms with Crippen LogP contribution >= 0.6 is 0 Å². The van der Waals surface area contributed by atoms with E-state index in [0.717, 1.165) is 18.6 Å². The molecule has 0 bridgehead atoms. The van der Waals surface area contributed by atoms with E-state index in [1.807, 2.05) is 12.1 Å². The lowest BCUT2D eigenvalue weighted by atomic mass is 10.1. The van der Waals surface area contributed by atoms with Gasteiger partial charge in [0.15, 0.2) is 0 Å². The summed E-state index contributed by atoms with van der Waals surface area (Å²) in [7, 11) is 0. The third-order valence-electron chi connectivity index (χ3n) is 2.65. The molecule has 3 heteroatoms. The molecule has 0 saturated heterocycles. The van der Waals surface area contributed by atoms with E-state index in [1.54, 1.807) is 18.3 Å². The van der Waals surface area contributed by atoms with Crippen LogP contribution in [0, 0.1) is 0 Å². The van der Waals surface area contributed by atoms with Gasteiger partial charge in [-0.05, 0) is 30.2 Å². The Morgan fingerprint density at radius 3 is 2.56 bits per heavy atom. The van der Waals surface area contributed by atoms with Gasteiger partial charge in [0, 0.05) is 12.3 Å². The molecule has 0 atom stereocenters. The van der Waals surface area contributed by atoms with Crippen molar-refractivity contribution in [3.63, 3.8) is 0 Å². The molecule has 1 aromatic carbocycles. The lowest BCUT2D eigenvalue weighted by Gasteiger charge is -2.07. The molecule has 1 heterocycles. The van der Waals surface area contributed by atoms with E-state index in [0.29, 0.717) is 11.4 Å². The Labute approximate surface area is 107 Å². The van der Waals surface area contributed by atoms with Gasteiger partial charge in [0.2, 0.25) is 0 Å².